The molecule has 0 spiro atoms. The lowest BCUT2D eigenvalue weighted by atomic mass is 10.3. The first-order chi connectivity index (χ1) is 9.20. The Morgan fingerprint density at radius 2 is 2.25 bits per heavy atom. The lowest BCUT2D eigenvalue weighted by Crippen LogP contribution is -2.07. The number of nitrogen functional groups attached to an aromatic ring is 1. The number of nitrogens with two attached hydrogens (primary N) is 1. The highest BCUT2D eigenvalue weighted by Crippen LogP contribution is 2.37. The summed E-state index contributed by atoms with van der Waals surface area (Å²) in [4.78, 5) is 20.7. The van der Waals surface area contributed by atoms with Crippen LogP contribution in [0.1, 0.15) is 10.5 Å². The van der Waals surface area contributed by atoms with E-state index in [4.69, 9.17) is 15.2 Å². The van der Waals surface area contributed by atoms with Gasteiger partial charge in [0.05, 0.1) is 17.7 Å². The fourth-order valence-electron chi connectivity index (χ4n) is 1.64. The van der Waals surface area contributed by atoms with Crippen LogP contribution in [0.2, 0.25) is 0 Å². The van der Waals surface area contributed by atoms with Crippen molar-refractivity contribution in [2.24, 2.45) is 0 Å². The zero-order valence-corrected chi connectivity index (χ0v) is 11.9. The second-order valence-corrected chi connectivity index (χ2v) is 4.55. The number of thiophene rings is 1. The molecule has 2 N–H and O–H groups in total. The molecule has 9 heteroatoms. The minimum absolute atomic E-state index is 0. The van der Waals surface area contributed by atoms with Crippen molar-refractivity contribution in [2.75, 3.05) is 19.6 Å². The molecule has 106 valence electrons. The van der Waals surface area contributed by atoms with Gasteiger partial charge < -0.3 is 19.9 Å². The number of halogens is 1. The minimum Gasteiger partial charge on any atom is -0.464 e. The van der Waals surface area contributed by atoms with Crippen LogP contribution in [-0.4, -0.2) is 29.8 Å². The molecule has 3 rings (SSSR count). The van der Waals surface area contributed by atoms with Gasteiger partial charge in [0.25, 0.3) is 5.88 Å². The number of hydrogen-bond donors (Lipinski definition) is 1. The van der Waals surface area contributed by atoms with Gasteiger partial charge in [-0.15, -0.1) is 23.7 Å². The maximum absolute atomic E-state index is 11.7. The van der Waals surface area contributed by atoms with Crippen LogP contribution in [0.25, 0.3) is 10.7 Å². The van der Waals surface area contributed by atoms with Gasteiger partial charge in [-0.3, -0.25) is 0 Å². The van der Waals surface area contributed by atoms with Gasteiger partial charge in [-0.2, -0.15) is 4.98 Å². The maximum Gasteiger partial charge on any atom is 0.360 e. The largest absolute Gasteiger partial charge is 0.464 e. The molecule has 1 aliphatic rings. The Labute approximate surface area is 124 Å². The average molecular weight is 316 g/mol. The number of ether oxygens (including phenoxy) is 3. The third kappa shape index (κ3) is 2.23. The molecule has 0 bridgehead atoms. The normalized spacial score (nSPS) is 11.8. The molecule has 2 aromatic heterocycles. The van der Waals surface area contributed by atoms with E-state index in [1.54, 1.807) is 6.07 Å². The Balaban J connectivity index is 0.00000147. The lowest BCUT2D eigenvalue weighted by Gasteiger charge is -2.05. The van der Waals surface area contributed by atoms with Crippen LogP contribution >= 0.6 is 23.7 Å². The van der Waals surface area contributed by atoms with Gasteiger partial charge in [-0.05, 0) is 11.4 Å². The first-order valence-corrected chi connectivity index (χ1v) is 6.18. The Bertz CT molecular complexity index is 661. The Hall–Kier alpha value is -2.06. The van der Waals surface area contributed by atoms with E-state index in [9.17, 15) is 4.79 Å². The van der Waals surface area contributed by atoms with E-state index in [0.29, 0.717) is 16.4 Å². The summed E-state index contributed by atoms with van der Waals surface area (Å²) in [5.41, 5.74) is 6.40. The number of carbonyl (C=O) groups excluding carboxylic acids is 1. The molecule has 0 aliphatic carbocycles. The molecule has 7 nitrogen and oxygen atoms in total. The van der Waals surface area contributed by atoms with Crippen LogP contribution in [0.5, 0.6) is 11.6 Å². The monoisotopic (exact) mass is 315 g/mol. The standard InChI is InChI=1S/C11H9N3O4S.ClH/c1-16-11(15)6-7-10(18-4-17-7)14-9(13-6)8-5(12)2-3-19-8;/h2-3H,4,12H2,1H3;1H. The Morgan fingerprint density at radius 3 is 2.90 bits per heavy atom. The number of carbonyl (C=O) groups is 1. The molecule has 2 aromatic rings. The molecular weight excluding hydrogens is 306 g/mol. The van der Waals surface area contributed by atoms with E-state index in [2.05, 4.69) is 14.7 Å². The third-order valence-corrected chi connectivity index (χ3v) is 3.44. The Morgan fingerprint density at radius 1 is 1.45 bits per heavy atom. The number of nitrogens with zero attached hydrogens (tertiary/aromatic N) is 2. The Kier molecular flexibility index (Phi) is 3.96. The fourth-order valence-corrected chi connectivity index (χ4v) is 2.39. The molecule has 20 heavy (non-hydrogen) atoms. The highest BCUT2D eigenvalue weighted by molar-refractivity contribution is 7.14. The predicted octanol–water partition coefficient (Wildman–Crippen LogP) is 1.72. The summed E-state index contributed by atoms with van der Waals surface area (Å²) in [7, 11) is 1.27. The van der Waals surface area contributed by atoms with E-state index in [0.717, 1.165) is 0 Å². The van der Waals surface area contributed by atoms with E-state index in [-0.39, 0.29) is 36.5 Å². The number of rotatable bonds is 2. The van der Waals surface area contributed by atoms with Gasteiger partial charge in [0, 0.05) is 0 Å². The van der Waals surface area contributed by atoms with Gasteiger partial charge >= 0.3 is 5.97 Å². The average Bonchev–Trinajstić information content (AvgIpc) is 3.04. The predicted molar refractivity (Wildman–Crippen MR) is 74.5 cm³/mol. The highest BCUT2D eigenvalue weighted by atomic mass is 35.5. The molecule has 0 aromatic carbocycles. The number of esters is 1. The summed E-state index contributed by atoms with van der Waals surface area (Å²) in [6, 6.07) is 1.74. The summed E-state index contributed by atoms with van der Waals surface area (Å²) in [6.45, 7) is -0.00260. The first-order valence-electron chi connectivity index (χ1n) is 5.30. The molecule has 0 amide bonds. The van der Waals surface area contributed by atoms with Gasteiger partial charge in [0.15, 0.2) is 11.5 Å². The van der Waals surface area contributed by atoms with Crippen LogP contribution in [0, 0.1) is 0 Å². The van der Waals surface area contributed by atoms with Crippen LogP contribution in [0.3, 0.4) is 0 Å². The minimum atomic E-state index is -0.611. The molecule has 0 unspecified atom stereocenters. The highest BCUT2D eigenvalue weighted by Gasteiger charge is 2.28. The fraction of sp³-hybridized carbons (Fsp3) is 0.182. The van der Waals surface area contributed by atoms with Crippen molar-refractivity contribution in [3.8, 4) is 22.3 Å². The smallest absolute Gasteiger partial charge is 0.360 e. The zero-order chi connectivity index (χ0) is 13.4. The number of aromatic nitrogens is 2. The van der Waals surface area contributed by atoms with E-state index in [1.807, 2.05) is 5.38 Å². The van der Waals surface area contributed by atoms with Gasteiger partial charge in [-0.1, -0.05) is 0 Å². The third-order valence-electron chi connectivity index (χ3n) is 2.51. The maximum atomic E-state index is 11.7. The van der Waals surface area contributed by atoms with E-state index >= 15 is 0 Å². The molecule has 0 fully saturated rings. The van der Waals surface area contributed by atoms with Crippen LogP contribution in [0.4, 0.5) is 5.69 Å². The molecule has 0 saturated carbocycles. The van der Waals surface area contributed by atoms with Crippen molar-refractivity contribution in [3.63, 3.8) is 0 Å². The van der Waals surface area contributed by atoms with Crippen molar-refractivity contribution < 1.29 is 19.0 Å². The van der Waals surface area contributed by atoms with Gasteiger partial charge in [0.2, 0.25) is 12.5 Å². The van der Waals surface area contributed by atoms with Crippen molar-refractivity contribution in [1.82, 2.24) is 9.97 Å². The van der Waals surface area contributed by atoms with E-state index < -0.39 is 5.97 Å². The second-order valence-electron chi connectivity index (χ2n) is 3.63. The summed E-state index contributed by atoms with van der Waals surface area (Å²) < 4.78 is 15.0. The molecule has 0 saturated heterocycles. The van der Waals surface area contributed by atoms with Crippen molar-refractivity contribution >= 4 is 35.4 Å². The topological polar surface area (TPSA) is 96.6 Å². The van der Waals surface area contributed by atoms with Crippen molar-refractivity contribution in [2.45, 2.75) is 0 Å². The summed E-state index contributed by atoms with van der Waals surface area (Å²) >= 11 is 1.38. The second kappa shape index (κ2) is 5.51. The van der Waals surface area contributed by atoms with Crippen LogP contribution in [0.15, 0.2) is 11.4 Å². The van der Waals surface area contributed by atoms with Crippen LogP contribution in [-0.2, 0) is 4.74 Å². The number of methoxy groups -OCH3 is 1. The van der Waals surface area contributed by atoms with E-state index in [1.165, 1.54) is 18.4 Å². The SMILES string of the molecule is COC(=O)c1nc(-c2sccc2N)nc2c1OCO2.Cl. The van der Waals surface area contributed by atoms with Gasteiger partial charge in [0.1, 0.15) is 0 Å². The van der Waals surface area contributed by atoms with Crippen molar-refractivity contribution in [3.05, 3.63) is 17.1 Å². The molecule has 0 radical (unpaired) electrons. The van der Waals surface area contributed by atoms with Gasteiger partial charge in [-0.25, -0.2) is 9.78 Å². The molecule has 1 aliphatic heterocycles. The quantitative estimate of drug-likeness (QED) is 0.843. The van der Waals surface area contributed by atoms with Crippen molar-refractivity contribution in [1.29, 1.82) is 0 Å². The number of hydrogen-bond acceptors (Lipinski definition) is 8. The zero-order valence-electron chi connectivity index (χ0n) is 10.3. The first kappa shape index (κ1) is 14.4. The van der Waals surface area contributed by atoms with Crippen LogP contribution < -0.4 is 15.2 Å². The summed E-state index contributed by atoms with van der Waals surface area (Å²) in [6.07, 6.45) is 0. The molecule has 0 atom stereocenters. The molecular formula is C11H10ClN3O4S. The lowest BCUT2D eigenvalue weighted by molar-refractivity contribution is 0.0589. The summed E-state index contributed by atoms with van der Waals surface area (Å²) in [5.74, 6) is 0.126. The number of anilines is 1. The summed E-state index contributed by atoms with van der Waals surface area (Å²) in [5, 5.41) is 1.82. The molecule has 3 heterocycles. The number of fused-ring (bicyclic) bond motifs is 1.